The standard InChI is InChI=1S/C20H27N5O/c1-16(2)19(17-7-4-3-5-8-17)23-15-18(26)24-11-13-25(14-12-24)20-21-9-6-10-22-20/h3-10,16,19,23H,11-15H2,1-2H3/t19-/m1/s1. The quantitative estimate of drug-likeness (QED) is 0.862. The van der Waals surface area contributed by atoms with Gasteiger partial charge in [-0.1, -0.05) is 44.2 Å². The SMILES string of the molecule is CC(C)[C@@H](NCC(=O)N1CCN(c2ncccn2)CC1)c1ccccc1. The van der Waals surface area contributed by atoms with Crippen molar-refractivity contribution in [1.82, 2.24) is 20.2 Å². The van der Waals surface area contributed by atoms with Crippen LogP contribution in [0.5, 0.6) is 0 Å². The molecule has 2 aromatic rings. The van der Waals surface area contributed by atoms with Gasteiger partial charge in [-0.05, 0) is 17.5 Å². The molecule has 0 radical (unpaired) electrons. The molecular formula is C20H27N5O. The number of piperazine rings is 1. The summed E-state index contributed by atoms with van der Waals surface area (Å²) in [6, 6.07) is 12.3. The average Bonchev–Trinajstić information content (AvgIpc) is 2.69. The normalized spacial score (nSPS) is 16.0. The highest BCUT2D eigenvalue weighted by atomic mass is 16.2. The third-order valence-electron chi connectivity index (χ3n) is 4.77. The molecule has 26 heavy (non-hydrogen) atoms. The summed E-state index contributed by atoms with van der Waals surface area (Å²) >= 11 is 0. The van der Waals surface area contributed by atoms with Crippen LogP contribution < -0.4 is 10.2 Å². The van der Waals surface area contributed by atoms with Gasteiger partial charge in [0.25, 0.3) is 0 Å². The van der Waals surface area contributed by atoms with Crippen LogP contribution in [0.2, 0.25) is 0 Å². The number of hydrogen-bond donors (Lipinski definition) is 1. The third kappa shape index (κ3) is 4.58. The van der Waals surface area contributed by atoms with Crippen molar-refractivity contribution in [1.29, 1.82) is 0 Å². The molecule has 1 N–H and O–H groups in total. The van der Waals surface area contributed by atoms with Crippen molar-refractivity contribution in [3.05, 3.63) is 54.4 Å². The highest BCUT2D eigenvalue weighted by Gasteiger charge is 2.23. The molecule has 0 spiro atoms. The summed E-state index contributed by atoms with van der Waals surface area (Å²) in [5, 5.41) is 3.45. The first-order chi connectivity index (χ1) is 12.6. The molecule has 1 aromatic heterocycles. The summed E-state index contributed by atoms with van der Waals surface area (Å²) in [5.41, 5.74) is 1.22. The van der Waals surface area contributed by atoms with Crippen molar-refractivity contribution in [3.8, 4) is 0 Å². The number of nitrogens with one attached hydrogen (secondary N) is 1. The van der Waals surface area contributed by atoms with E-state index in [9.17, 15) is 4.79 Å². The Balaban J connectivity index is 1.51. The van der Waals surface area contributed by atoms with E-state index in [1.54, 1.807) is 12.4 Å². The molecule has 0 unspecified atom stereocenters. The molecule has 1 saturated heterocycles. The van der Waals surface area contributed by atoms with Gasteiger partial charge in [-0.2, -0.15) is 0 Å². The Morgan fingerprint density at radius 1 is 1.04 bits per heavy atom. The summed E-state index contributed by atoms with van der Waals surface area (Å²) < 4.78 is 0. The molecule has 1 aliphatic heterocycles. The van der Waals surface area contributed by atoms with E-state index in [0.29, 0.717) is 25.6 Å². The second kappa shape index (κ2) is 8.76. The second-order valence-electron chi connectivity index (χ2n) is 6.93. The molecule has 1 aromatic carbocycles. The highest BCUT2D eigenvalue weighted by molar-refractivity contribution is 5.78. The fourth-order valence-electron chi connectivity index (χ4n) is 3.32. The smallest absolute Gasteiger partial charge is 0.236 e. The number of carbonyl (C=O) groups excluding carboxylic acids is 1. The molecule has 3 rings (SSSR count). The number of nitrogens with zero attached hydrogens (tertiary/aromatic N) is 4. The van der Waals surface area contributed by atoms with Gasteiger partial charge >= 0.3 is 0 Å². The topological polar surface area (TPSA) is 61.4 Å². The summed E-state index contributed by atoms with van der Waals surface area (Å²) in [4.78, 5) is 25.2. The number of anilines is 1. The van der Waals surface area contributed by atoms with Gasteiger partial charge in [0.05, 0.1) is 6.54 Å². The first-order valence-electron chi connectivity index (χ1n) is 9.23. The van der Waals surface area contributed by atoms with Crippen LogP contribution in [0.15, 0.2) is 48.8 Å². The van der Waals surface area contributed by atoms with Gasteiger partial charge in [-0.25, -0.2) is 9.97 Å². The monoisotopic (exact) mass is 353 g/mol. The molecule has 6 nitrogen and oxygen atoms in total. The Hall–Kier alpha value is -2.47. The zero-order chi connectivity index (χ0) is 18.4. The van der Waals surface area contributed by atoms with Crippen LogP contribution in [-0.4, -0.2) is 53.5 Å². The molecule has 138 valence electrons. The van der Waals surface area contributed by atoms with Crippen molar-refractivity contribution in [2.75, 3.05) is 37.6 Å². The molecule has 0 saturated carbocycles. The summed E-state index contributed by atoms with van der Waals surface area (Å²) in [5.74, 6) is 1.30. The minimum absolute atomic E-state index is 0.153. The third-order valence-corrected chi connectivity index (χ3v) is 4.77. The van der Waals surface area contributed by atoms with E-state index in [-0.39, 0.29) is 11.9 Å². The number of amides is 1. The molecule has 2 heterocycles. The number of carbonyl (C=O) groups is 1. The lowest BCUT2D eigenvalue weighted by Gasteiger charge is -2.35. The average molecular weight is 353 g/mol. The highest BCUT2D eigenvalue weighted by Crippen LogP contribution is 2.21. The fourth-order valence-corrected chi connectivity index (χ4v) is 3.32. The maximum atomic E-state index is 12.6. The van der Waals surface area contributed by atoms with Gasteiger partial charge in [0.2, 0.25) is 11.9 Å². The van der Waals surface area contributed by atoms with Gasteiger partial charge in [-0.15, -0.1) is 0 Å². The molecule has 1 amide bonds. The molecule has 1 atom stereocenters. The Morgan fingerprint density at radius 2 is 1.69 bits per heavy atom. The maximum Gasteiger partial charge on any atom is 0.236 e. The molecule has 6 heteroatoms. The van der Waals surface area contributed by atoms with Gasteiger partial charge in [0, 0.05) is 44.6 Å². The van der Waals surface area contributed by atoms with Crippen LogP contribution in [-0.2, 0) is 4.79 Å². The first kappa shape index (κ1) is 18.3. The van der Waals surface area contributed by atoms with Gasteiger partial charge in [-0.3, -0.25) is 4.79 Å². The van der Waals surface area contributed by atoms with Crippen molar-refractivity contribution in [2.24, 2.45) is 5.92 Å². The number of rotatable bonds is 6. The minimum atomic E-state index is 0.153. The molecule has 0 aliphatic carbocycles. The lowest BCUT2D eigenvalue weighted by Crippen LogP contribution is -2.51. The van der Waals surface area contributed by atoms with Crippen LogP contribution in [0.1, 0.15) is 25.5 Å². The van der Waals surface area contributed by atoms with E-state index in [2.05, 4.69) is 46.2 Å². The number of hydrogen-bond acceptors (Lipinski definition) is 5. The minimum Gasteiger partial charge on any atom is -0.338 e. The maximum absolute atomic E-state index is 12.6. The summed E-state index contributed by atoms with van der Waals surface area (Å²) in [6.07, 6.45) is 3.50. The van der Waals surface area contributed by atoms with Gasteiger partial charge in [0.1, 0.15) is 0 Å². The lowest BCUT2D eigenvalue weighted by atomic mass is 9.96. The Morgan fingerprint density at radius 3 is 2.31 bits per heavy atom. The molecule has 1 aliphatic rings. The first-order valence-corrected chi connectivity index (χ1v) is 9.23. The van der Waals surface area contributed by atoms with E-state index in [1.165, 1.54) is 5.56 Å². The number of benzene rings is 1. The molecule has 1 fully saturated rings. The molecular weight excluding hydrogens is 326 g/mol. The van der Waals surface area contributed by atoms with E-state index >= 15 is 0 Å². The van der Waals surface area contributed by atoms with Gasteiger partial charge < -0.3 is 15.1 Å². The van der Waals surface area contributed by atoms with Crippen molar-refractivity contribution >= 4 is 11.9 Å². The molecule has 0 bridgehead atoms. The zero-order valence-corrected chi connectivity index (χ0v) is 15.5. The predicted octanol–water partition coefficient (Wildman–Crippen LogP) is 2.11. The number of aromatic nitrogens is 2. The second-order valence-corrected chi connectivity index (χ2v) is 6.93. The van der Waals surface area contributed by atoms with Crippen LogP contribution >= 0.6 is 0 Å². The Bertz CT molecular complexity index is 684. The summed E-state index contributed by atoms with van der Waals surface area (Å²) in [7, 11) is 0. The van der Waals surface area contributed by atoms with Crippen LogP contribution in [0.25, 0.3) is 0 Å². The summed E-state index contributed by atoms with van der Waals surface area (Å²) in [6.45, 7) is 7.65. The van der Waals surface area contributed by atoms with Crippen LogP contribution in [0, 0.1) is 5.92 Å². The van der Waals surface area contributed by atoms with Crippen molar-refractivity contribution in [3.63, 3.8) is 0 Å². The Kier molecular flexibility index (Phi) is 6.17. The van der Waals surface area contributed by atoms with Crippen LogP contribution in [0.4, 0.5) is 5.95 Å². The van der Waals surface area contributed by atoms with E-state index < -0.39 is 0 Å². The predicted molar refractivity (Wildman–Crippen MR) is 103 cm³/mol. The van der Waals surface area contributed by atoms with E-state index in [0.717, 1.165) is 19.0 Å². The lowest BCUT2D eigenvalue weighted by molar-refractivity contribution is -0.130. The van der Waals surface area contributed by atoms with Crippen molar-refractivity contribution < 1.29 is 4.79 Å². The largest absolute Gasteiger partial charge is 0.338 e. The van der Waals surface area contributed by atoms with E-state index in [4.69, 9.17) is 0 Å². The van der Waals surface area contributed by atoms with Crippen LogP contribution in [0.3, 0.4) is 0 Å². The van der Waals surface area contributed by atoms with Gasteiger partial charge in [0.15, 0.2) is 0 Å². The Labute approximate surface area is 155 Å². The van der Waals surface area contributed by atoms with E-state index in [1.807, 2.05) is 29.2 Å². The fraction of sp³-hybridized carbons (Fsp3) is 0.450. The van der Waals surface area contributed by atoms with Crippen molar-refractivity contribution in [2.45, 2.75) is 19.9 Å². The zero-order valence-electron chi connectivity index (χ0n) is 15.5.